The number of aryl methyl sites for hydroxylation is 1. The van der Waals surface area contributed by atoms with E-state index in [4.69, 9.17) is 0 Å². The van der Waals surface area contributed by atoms with Crippen molar-refractivity contribution in [1.29, 1.82) is 0 Å². The van der Waals surface area contributed by atoms with Crippen molar-refractivity contribution in [1.82, 2.24) is 19.1 Å². The van der Waals surface area contributed by atoms with Crippen molar-refractivity contribution in [3.05, 3.63) is 46.4 Å². The van der Waals surface area contributed by atoms with Gasteiger partial charge in [0, 0.05) is 31.9 Å². The van der Waals surface area contributed by atoms with E-state index >= 15 is 0 Å². The molecule has 1 aliphatic rings. The molecule has 2 N–H and O–H groups in total. The average molecular weight is 325 g/mol. The minimum atomic E-state index is -0.312. The number of H-pyrrole nitrogens is 1. The molecule has 0 atom stereocenters. The van der Waals surface area contributed by atoms with Gasteiger partial charge < -0.3 is 14.9 Å². The summed E-state index contributed by atoms with van der Waals surface area (Å²) in [5.74, 6) is 1.26. The predicted molar refractivity (Wildman–Crippen MR) is 91.3 cm³/mol. The normalized spacial score (nSPS) is 14.8. The second kappa shape index (κ2) is 5.36. The molecule has 0 saturated heterocycles. The van der Waals surface area contributed by atoms with Crippen LogP contribution in [0.15, 0.2) is 29.2 Å². The Balaban J connectivity index is 1.60. The van der Waals surface area contributed by atoms with E-state index in [2.05, 4.69) is 15.3 Å². The maximum atomic E-state index is 12.4. The van der Waals surface area contributed by atoms with Gasteiger partial charge >= 0.3 is 5.69 Å². The predicted octanol–water partition coefficient (Wildman–Crippen LogP) is 2.12. The minimum absolute atomic E-state index is 0.227. The number of aromatic amines is 1. The summed E-state index contributed by atoms with van der Waals surface area (Å²) in [7, 11) is 3.21. The van der Waals surface area contributed by atoms with Crippen LogP contribution in [-0.2, 0) is 14.1 Å². The van der Waals surface area contributed by atoms with Gasteiger partial charge in [0.15, 0.2) is 0 Å². The van der Waals surface area contributed by atoms with Gasteiger partial charge in [-0.3, -0.25) is 9.36 Å². The summed E-state index contributed by atoms with van der Waals surface area (Å²) < 4.78 is 2.72. The molecule has 3 aromatic rings. The first kappa shape index (κ1) is 14.7. The topological polar surface area (TPSA) is 84.7 Å². The highest BCUT2D eigenvalue weighted by Crippen LogP contribution is 2.35. The fraction of sp³-hybridized carbons (Fsp3) is 0.353. The van der Waals surface area contributed by atoms with Gasteiger partial charge in [0.2, 0.25) is 0 Å². The van der Waals surface area contributed by atoms with Gasteiger partial charge in [-0.2, -0.15) is 0 Å². The largest absolute Gasteiger partial charge is 0.342 e. The third-order valence-corrected chi connectivity index (χ3v) is 4.75. The third kappa shape index (κ3) is 2.33. The molecule has 1 aromatic carbocycles. The molecular formula is C17H19N5O2. The number of nitrogens with one attached hydrogen (secondary N) is 2. The van der Waals surface area contributed by atoms with Crippen LogP contribution < -0.4 is 11.0 Å². The Morgan fingerprint density at radius 2 is 2.12 bits per heavy atom. The van der Waals surface area contributed by atoms with Crippen molar-refractivity contribution in [2.45, 2.75) is 25.2 Å². The Kier molecular flexibility index (Phi) is 3.30. The van der Waals surface area contributed by atoms with Crippen molar-refractivity contribution in [3.8, 4) is 0 Å². The number of imidazole rings is 2. The number of benzene rings is 1. The van der Waals surface area contributed by atoms with E-state index in [1.165, 1.54) is 34.6 Å². The molecule has 7 nitrogen and oxygen atoms in total. The van der Waals surface area contributed by atoms with E-state index in [-0.39, 0.29) is 11.6 Å². The Hall–Kier alpha value is -2.83. The first-order valence-corrected chi connectivity index (χ1v) is 8.06. The van der Waals surface area contributed by atoms with Crippen LogP contribution >= 0.6 is 0 Å². The first-order chi connectivity index (χ1) is 11.5. The highest BCUT2D eigenvalue weighted by Gasteiger charge is 2.22. The average Bonchev–Trinajstić information content (AvgIpc) is 3.01. The highest BCUT2D eigenvalue weighted by atomic mass is 16.2. The second-order valence-corrected chi connectivity index (χ2v) is 6.40. The van der Waals surface area contributed by atoms with E-state index in [0.717, 1.165) is 16.9 Å². The Morgan fingerprint density at radius 3 is 2.75 bits per heavy atom. The highest BCUT2D eigenvalue weighted by molar-refractivity contribution is 6.03. The molecule has 1 amide bonds. The summed E-state index contributed by atoms with van der Waals surface area (Å²) in [6.45, 7) is 0. The Bertz CT molecular complexity index is 990. The summed E-state index contributed by atoms with van der Waals surface area (Å²) in [6.07, 6.45) is 5.16. The third-order valence-electron chi connectivity index (χ3n) is 4.75. The lowest BCUT2D eigenvalue weighted by atomic mass is 9.85. The number of amides is 1. The van der Waals surface area contributed by atoms with E-state index in [0.29, 0.717) is 17.3 Å². The standard InChI is InChI=1S/C17H19N5O2/c1-21-9-14(22(2)17(21)24)16(23)18-11-6-7-12-13(8-11)20-15(19-12)10-4-3-5-10/h6-10H,3-5H2,1-2H3,(H,18,23)(H,19,20). The molecule has 0 spiro atoms. The van der Waals surface area contributed by atoms with Crippen LogP contribution in [-0.4, -0.2) is 25.0 Å². The SMILES string of the molecule is Cn1cc(C(=O)Nc2ccc3nc(C4CCC4)[nH]c3c2)n(C)c1=O. The maximum Gasteiger partial charge on any atom is 0.328 e. The Labute approximate surface area is 138 Å². The lowest BCUT2D eigenvalue weighted by molar-refractivity contribution is 0.101. The van der Waals surface area contributed by atoms with Crippen molar-refractivity contribution in [2.75, 3.05) is 5.32 Å². The van der Waals surface area contributed by atoms with Gasteiger partial charge in [0.05, 0.1) is 11.0 Å². The molecule has 0 unspecified atom stereocenters. The maximum absolute atomic E-state index is 12.4. The molecule has 124 valence electrons. The molecule has 4 rings (SSSR count). The van der Waals surface area contributed by atoms with Gasteiger partial charge in [-0.05, 0) is 31.0 Å². The number of nitrogens with zero attached hydrogens (tertiary/aromatic N) is 3. The molecule has 2 heterocycles. The van der Waals surface area contributed by atoms with Crippen LogP contribution in [0, 0.1) is 0 Å². The van der Waals surface area contributed by atoms with Gasteiger partial charge in [-0.25, -0.2) is 9.78 Å². The molecular weight excluding hydrogens is 306 g/mol. The number of carbonyl (C=O) groups is 1. The fourth-order valence-electron chi connectivity index (χ4n) is 3.05. The van der Waals surface area contributed by atoms with Gasteiger partial charge in [0.1, 0.15) is 11.5 Å². The molecule has 24 heavy (non-hydrogen) atoms. The number of anilines is 1. The summed E-state index contributed by atoms with van der Waals surface area (Å²) >= 11 is 0. The van der Waals surface area contributed by atoms with Crippen LogP contribution in [0.3, 0.4) is 0 Å². The van der Waals surface area contributed by atoms with E-state index in [1.807, 2.05) is 18.2 Å². The lowest BCUT2D eigenvalue weighted by Crippen LogP contribution is -2.23. The number of carbonyl (C=O) groups excluding carboxylic acids is 1. The summed E-state index contributed by atoms with van der Waals surface area (Å²) in [6, 6.07) is 5.60. The molecule has 0 radical (unpaired) electrons. The number of hydrogen-bond donors (Lipinski definition) is 2. The molecule has 0 bridgehead atoms. The van der Waals surface area contributed by atoms with Crippen LogP contribution in [0.4, 0.5) is 5.69 Å². The molecule has 2 aromatic heterocycles. The monoisotopic (exact) mass is 325 g/mol. The van der Waals surface area contributed by atoms with Gasteiger partial charge in [0.25, 0.3) is 5.91 Å². The van der Waals surface area contributed by atoms with Crippen molar-refractivity contribution < 1.29 is 4.79 Å². The smallest absolute Gasteiger partial charge is 0.328 e. The van der Waals surface area contributed by atoms with Crippen LogP contribution in [0.25, 0.3) is 11.0 Å². The first-order valence-electron chi connectivity index (χ1n) is 8.06. The van der Waals surface area contributed by atoms with Crippen molar-refractivity contribution in [2.24, 2.45) is 14.1 Å². The van der Waals surface area contributed by atoms with Crippen LogP contribution in [0.1, 0.15) is 41.5 Å². The Morgan fingerprint density at radius 1 is 1.33 bits per heavy atom. The zero-order valence-corrected chi connectivity index (χ0v) is 13.7. The number of aromatic nitrogens is 4. The summed E-state index contributed by atoms with van der Waals surface area (Å²) in [5, 5.41) is 2.84. The van der Waals surface area contributed by atoms with E-state index in [9.17, 15) is 9.59 Å². The van der Waals surface area contributed by atoms with Crippen molar-refractivity contribution in [3.63, 3.8) is 0 Å². The zero-order valence-electron chi connectivity index (χ0n) is 13.7. The molecule has 1 saturated carbocycles. The minimum Gasteiger partial charge on any atom is -0.342 e. The molecule has 7 heteroatoms. The molecule has 1 aliphatic carbocycles. The second-order valence-electron chi connectivity index (χ2n) is 6.40. The molecule has 1 fully saturated rings. The van der Waals surface area contributed by atoms with Gasteiger partial charge in [-0.1, -0.05) is 6.42 Å². The summed E-state index contributed by atoms with van der Waals surface area (Å²) in [4.78, 5) is 32.1. The number of hydrogen-bond acceptors (Lipinski definition) is 3. The zero-order chi connectivity index (χ0) is 16.8. The van der Waals surface area contributed by atoms with Crippen LogP contribution in [0.2, 0.25) is 0 Å². The van der Waals surface area contributed by atoms with Crippen molar-refractivity contribution >= 4 is 22.6 Å². The quantitative estimate of drug-likeness (QED) is 0.773. The van der Waals surface area contributed by atoms with Crippen LogP contribution in [0.5, 0.6) is 0 Å². The van der Waals surface area contributed by atoms with E-state index in [1.54, 1.807) is 14.1 Å². The fourth-order valence-corrected chi connectivity index (χ4v) is 3.05. The number of rotatable bonds is 3. The van der Waals surface area contributed by atoms with Gasteiger partial charge in [-0.15, -0.1) is 0 Å². The molecule has 0 aliphatic heterocycles. The van der Waals surface area contributed by atoms with E-state index < -0.39 is 0 Å². The number of fused-ring (bicyclic) bond motifs is 1. The summed E-state index contributed by atoms with van der Waals surface area (Å²) in [5.41, 5.74) is 2.59. The lowest BCUT2D eigenvalue weighted by Gasteiger charge is -2.22.